The molecule has 25 aromatic rings. The number of hydrogen-bond donors (Lipinski definition) is 0. The van der Waals surface area contributed by atoms with Crippen LogP contribution in [0.2, 0.25) is 0 Å². The molecule has 612 valence electrons. The Kier molecular flexibility index (Phi) is 16.2. The zero-order chi connectivity index (χ0) is 86.6. The van der Waals surface area contributed by atoms with E-state index in [4.69, 9.17) is 29.9 Å². The molecule has 10 heterocycles. The zero-order valence-corrected chi connectivity index (χ0v) is 72.2. The van der Waals surface area contributed by atoms with Crippen LogP contribution in [0.15, 0.2) is 377 Å². The number of aromatic nitrogens is 12. The van der Waals surface area contributed by atoms with Crippen LogP contribution >= 0.6 is 0 Å². The van der Waals surface area contributed by atoms with Crippen molar-refractivity contribution >= 4 is 141 Å². The van der Waals surface area contributed by atoms with Gasteiger partial charge >= 0.3 is 0 Å². The Morgan fingerprint density at radius 3 is 1.18 bits per heavy atom. The van der Waals surface area contributed by atoms with E-state index in [1.165, 1.54) is 153 Å². The van der Waals surface area contributed by atoms with Crippen molar-refractivity contribution in [3.8, 4) is 84.7 Å². The van der Waals surface area contributed by atoms with Gasteiger partial charge in [-0.05, 0) is 151 Å². The van der Waals surface area contributed by atoms with Crippen molar-refractivity contribution in [3.05, 3.63) is 410 Å². The fourth-order valence-electron chi connectivity index (χ4n) is 22.6. The Bertz CT molecular complexity index is 9160. The first-order chi connectivity index (χ1) is 63.8. The van der Waals surface area contributed by atoms with Crippen LogP contribution in [0.1, 0.15) is 74.9 Å². The highest BCUT2D eigenvalue weighted by Crippen LogP contribution is 2.61. The molecule has 0 N–H and O–H groups in total. The summed E-state index contributed by atoms with van der Waals surface area (Å²) in [6, 6.07) is 118. The second-order valence-corrected chi connectivity index (χ2v) is 36.2. The van der Waals surface area contributed by atoms with Crippen LogP contribution < -0.4 is 0 Å². The van der Waals surface area contributed by atoms with Crippen LogP contribution in [-0.2, 0) is 16.2 Å². The Labute approximate surface area is 747 Å². The van der Waals surface area contributed by atoms with Crippen LogP contribution in [-0.4, -0.2) is 58.6 Å². The van der Waals surface area contributed by atoms with Crippen LogP contribution in [0.25, 0.3) is 226 Å². The summed E-state index contributed by atoms with van der Waals surface area (Å²) in [7, 11) is 0. The maximum absolute atomic E-state index is 5.35. The molecule has 0 radical (unpaired) electrons. The van der Waals surface area contributed by atoms with E-state index in [2.05, 4.69) is 374 Å². The highest BCUT2D eigenvalue weighted by Gasteiger charge is 2.44. The van der Waals surface area contributed by atoms with Gasteiger partial charge in [-0.15, -0.1) is 0 Å². The fourth-order valence-corrected chi connectivity index (χ4v) is 22.6. The molecule has 0 bridgehead atoms. The van der Waals surface area contributed by atoms with Crippen molar-refractivity contribution in [1.29, 1.82) is 0 Å². The van der Waals surface area contributed by atoms with Gasteiger partial charge in [-0.2, -0.15) is 0 Å². The van der Waals surface area contributed by atoms with Crippen LogP contribution in [0.5, 0.6) is 0 Å². The Hall–Kier alpha value is -16.6. The minimum atomic E-state index is -0.189. The summed E-state index contributed by atoms with van der Waals surface area (Å²) in [5.74, 6) is 3.24. The van der Waals surface area contributed by atoms with Crippen molar-refractivity contribution in [2.75, 3.05) is 0 Å². The van der Waals surface area contributed by atoms with Gasteiger partial charge in [0.1, 0.15) is 11.6 Å². The fraction of sp³-hybridized carbons (Fsp3) is 0.0763. The highest BCUT2D eigenvalue weighted by molar-refractivity contribution is 6.31. The van der Waals surface area contributed by atoms with Crippen molar-refractivity contribution in [2.45, 2.75) is 57.8 Å². The molecule has 0 saturated heterocycles. The largest absolute Gasteiger partial charge is 0.309 e. The van der Waals surface area contributed by atoms with Crippen molar-refractivity contribution in [1.82, 2.24) is 58.6 Å². The van der Waals surface area contributed by atoms with E-state index in [1.54, 1.807) is 0 Å². The number of benzene rings is 15. The number of para-hydroxylation sites is 4. The molecule has 0 spiro atoms. The lowest BCUT2D eigenvalue weighted by atomic mass is 9.80. The molecule has 130 heavy (non-hydrogen) atoms. The van der Waals surface area contributed by atoms with E-state index in [0.29, 0.717) is 0 Å². The molecule has 10 aromatic heterocycles. The lowest BCUT2D eigenvalue weighted by Gasteiger charge is -2.23. The SMILES string of the molecule is CC1(C)c2ccccc2-c2c1c1cnccc1c1c3ccccc3n(-c3ccc4ccc5cccnc5c4n3)c21.CC1(C)c2ccccc2-c2c1c1cnccc1c1c3ccccc3n(-c3ccc4nc(-c5ccccc5)nc(-c5ccccc5)c4c3)c21.CC1(C)c2ccccc2-c2c1c1cnccc1c1c3ccccc3n(-c3nc(-c4ccccc4)nc4ccccc34)c21. The van der Waals surface area contributed by atoms with E-state index in [0.717, 1.165) is 106 Å². The van der Waals surface area contributed by atoms with Gasteiger partial charge in [0.05, 0.1) is 60.9 Å². The summed E-state index contributed by atoms with van der Waals surface area (Å²) in [4.78, 5) is 44.6. The number of rotatable bonds is 6. The molecule has 0 amide bonds. The van der Waals surface area contributed by atoms with E-state index in [-0.39, 0.29) is 16.2 Å². The van der Waals surface area contributed by atoms with E-state index >= 15 is 0 Å². The summed E-state index contributed by atoms with van der Waals surface area (Å²) in [5, 5.41) is 18.9. The van der Waals surface area contributed by atoms with Gasteiger partial charge < -0.3 is 4.57 Å². The van der Waals surface area contributed by atoms with Crippen LogP contribution in [0.4, 0.5) is 0 Å². The molecule has 15 aromatic carbocycles. The normalized spacial score (nSPS) is 13.6. The first-order valence-corrected chi connectivity index (χ1v) is 44.5. The van der Waals surface area contributed by atoms with Gasteiger partial charge in [0, 0.05) is 169 Å². The van der Waals surface area contributed by atoms with Gasteiger partial charge in [0.15, 0.2) is 11.6 Å². The van der Waals surface area contributed by atoms with E-state index in [1.807, 2.05) is 73.3 Å². The Morgan fingerprint density at radius 1 is 0.262 bits per heavy atom. The predicted molar refractivity (Wildman–Crippen MR) is 534 cm³/mol. The summed E-state index contributed by atoms with van der Waals surface area (Å²) in [6.07, 6.45) is 13.8. The van der Waals surface area contributed by atoms with Crippen molar-refractivity contribution < 1.29 is 0 Å². The topological polar surface area (TPSA) is 131 Å². The number of fused-ring (bicyclic) bond motifs is 35. The lowest BCUT2D eigenvalue weighted by molar-refractivity contribution is 0.666. The minimum Gasteiger partial charge on any atom is -0.309 e. The Balaban J connectivity index is 0.000000103. The van der Waals surface area contributed by atoms with Gasteiger partial charge in [0.2, 0.25) is 0 Å². The molecule has 0 fully saturated rings. The Morgan fingerprint density at radius 2 is 0.662 bits per heavy atom. The maximum atomic E-state index is 5.35. The monoisotopic (exact) mass is 1660 g/mol. The van der Waals surface area contributed by atoms with Gasteiger partial charge in [0.25, 0.3) is 0 Å². The summed E-state index contributed by atoms with van der Waals surface area (Å²) < 4.78 is 7.25. The molecule has 12 heteroatoms. The smallest absolute Gasteiger partial charge is 0.162 e. The van der Waals surface area contributed by atoms with Gasteiger partial charge in [-0.3, -0.25) is 29.1 Å². The third-order valence-electron chi connectivity index (χ3n) is 28.1. The van der Waals surface area contributed by atoms with Crippen molar-refractivity contribution in [3.63, 3.8) is 0 Å². The predicted octanol–water partition coefficient (Wildman–Crippen LogP) is 28.9. The number of hydrogen-bond acceptors (Lipinski definition) is 9. The van der Waals surface area contributed by atoms with Gasteiger partial charge in [-0.25, -0.2) is 24.9 Å². The highest BCUT2D eigenvalue weighted by atomic mass is 15.1. The molecule has 12 nitrogen and oxygen atoms in total. The third kappa shape index (κ3) is 10.8. The lowest BCUT2D eigenvalue weighted by Crippen LogP contribution is -2.15. The summed E-state index contributed by atoms with van der Waals surface area (Å²) in [5.41, 5.74) is 31.0. The average molecular weight is 1670 g/mol. The summed E-state index contributed by atoms with van der Waals surface area (Å²) in [6.45, 7) is 14.1. The second kappa shape index (κ2) is 28.2. The third-order valence-corrected chi connectivity index (χ3v) is 28.1. The van der Waals surface area contributed by atoms with E-state index in [9.17, 15) is 0 Å². The van der Waals surface area contributed by atoms with Crippen LogP contribution in [0, 0.1) is 0 Å². The quantitative estimate of drug-likeness (QED) is 0.149. The molecule has 0 aliphatic heterocycles. The second-order valence-electron chi connectivity index (χ2n) is 36.2. The molecule has 3 aliphatic carbocycles. The van der Waals surface area contributed by atoms with E-state index < -0.39 is 0 Å². The first-order valence-electron chi connectivity index (χ1n) is 44.5. The molecule has 3 aliphatic rings. The van der Waals surface area contributed by atoms with Crippen LogP contribution in [0.3, 0.4) is 0 Å². The van der Waals surface area contributed by atoms with Crippen molar-refractivity contribution in [2.24, 2.45) is 0 Å². The first kappa shape index (κ1) is 74.8. The number of pyridine rings is 5. The molecular formula is C118H80N12. The summed E-state index contributed by atoms with van der Waals surface area (Å²) >= 11 is 0. The molecule has 0 saturated carbocycles. The maximum Gasteiger partial charge on any atom is 0.162 e. The van der Waals surface area contributed by atoms with Gasteiger partial charge in [-0.1, -0.05) is 290 Å². The number of nitrogens with zero attached hydrogens (tertiary/aromatic N) is 12. The molecule has 0 unspecified atom stereocenters. The molecule has 28 rings (SSSR count). The average Bonchev–Trinajstić information content (AvgIpc) is 1.53. The zero-order valence-electron chi connectivity index (χ0n) is 72.2. The molecule has 0 atom stereocenters. The standard InChI is InChI=1S/C44H30N4.C38H26N4.C36H24N4/c1-44(2)35-19-11-9-17-31(35)39-40(44)34-26-45-24-23-30(34)38-32-18-10-12-20-37(32)48(42(38)39)29-21-22-36-33(25-29)41(27-13-5-3-6-14-27)47-43(46-36)28-15-7-4-8-16-28;1-38(2)29-17-9-6-14-25(29)33-34(38)28-22-39-21-20-24(28)32-27-16-8-11-19-31(27)42(35(32)33)37-26-15-7-10-18-30(26)40-36(41-37)23-12-4-3-5-13-23;1-36(2)27-11-5-3-9-24(27)31-32(36)26-20-37-19-17-23(26)30-25-10-4-6-12-28(25)40(35(30)31)29-16-15-22-14-13-21-8-7-18-38-33(21)34(22)39-29/h3-26H,1-2H3;3-22H,1-2H3;3-20H,1-2H3. The minimum absolute atomic E-state index is 0.167. The molecular weight excluding hydrogens is 1590 g/mol.